The molecule has 1 aliphatic rings. The second-order valence-corrected chi connectivity index (χ2v) is 9.13. The molecule has 1 unspecified atom stereocenters. The summed E-state index contributed by atoms with van der Waals surface area (Å²) in [6, 6.07) is 5.48. The number of nitrogens with zero attached hydrogens (tertiary/aromatic N) is 2. The van der Waals surface area contributed by atoms with E-state index in [0.717, 1.165) is 16.2 Å². The number of aryl methyl sites for hydroxylation is 1. The van der Waals surface area contributed by atoms with Crippen molar-refractivity contribution >= 4 is 40.2 Å². The number of hydrogen-bond acceptors (Lipinski definition) is 7. The van der Waals surface area contributed by atoms with Crippen LogP contribution >= 0.6 is 11.3 Å². The van der Waals surface area contributed by atoms with Crippen molar-refractivity contribution in [1.29, 1.82) is 0 Å². The van der Waals surface area contributed by atoms with Gasteiger partial charge in [0, 0.05) is 0 Å². The molecular formula is C22H25N3O5S. The minimum Gasteiger partial charge on any atom is -0.461 e. The standard InChI is InChI=1S/C22H25N3O5S/c1-11(2)10-30-21(29)17-13(5)23-22(31-17)24-18(26)16(12(3)4)25-19(27)14-8-6-7-9-15(14)20(25)28/h6-9,11-12,16H,10H2,1-5H3,(H,23,24,26). The molecule has 1 aliphatic heterocycles. The van der Waals surface area contributed by atoms with Gasteiger partial charge in [-0.15, -0.1) is 0 Å². The second-order valence-electron chi connectivity index (χ2n) is 8.13. The van der Waals surface area contributed by atoms with Crippen LogP contribution < -0.4 is 5.32 Å². The summed E-state index contributed by atoms with van der Waals surface area (Å²) in [7, 11) is 0. The molecule has 2 heterocycles. The number of esters is 1. The molecule has 0 radical (unpaired) electrons. The maximum absolute atomic E-state index is 13.1. The molecule has 1 aromatic carbocycles. The number of carbonyl (C=O) groups is 4. The van der Waals surface area contributed by atoms with Crippen LogP contribution in [0.5, 0.6) is 0 Å². The summed E-state index contributed by atoms with van der Waals surface area (Å²) < 4.78 is 5.24. The molecule has 3 rings (SSSR count). The highest BCUT2D eigenvalue weighted by atomic mass is 32.1. The maximum Gasteiger partial charge on any atom is 0.350 e. The monoisotopic (exact) mass is 443 g/mol. The minimum atomic E-state index is -1.02. The molecule has 31 heavy (non-hydrogen) atoms. The van der Waals surface area contributed by atoms with Gasteiger partial charge in [-0.25, -0.2) is 9.78 Å². The molecule has 0 aliphatic carbocycles. The molecule has 0 saturated carbocycles. The lowest BCUT2D eigenvalue weighted by atomic mass is 10.0. The predicted molar refractivity (Wildman–Crippen MR) is 116 cm³/mol. The number of nitrogens with one attached hydrogen (secondary N) is 1. The molecule has 1 N–H and O–H groups in total. The van der Waals surface area contributed by atoms with Crippen molar-refractivity contribution < 1.29 is 23.9 Å². The van der Waals surface area contributed by atoms with Gasteiger partial charge in [-0.2, -0.15) is 0 Å². The van der Waals surface area contributed by atoms with E-state index < -0.39 is 29.7 Å². The summed E-state index contributed by atoms with van der Waals surface area (Å²) in [5.74, 6) is -2.17. The lowest BCUT2D eigenvalue weighted by Crippen LogP contribution is -2.50. The van der Waals surface area contributed by atoms with Gasteiger partial charge in [-0.1, -0.05) is 51.2 Å². The molecule has 9 heteroatoms. The van der Waals surface area contributed by atoms with E-state index in [1.807, 2.05) is 13.8 Å². The van der Waals surface area contributed by atoms with Gasteiger partial charge in [0.1, 0.15) is 10.9 Å². The van der Waals surface area contributed by atoms with Gasteiger partial charge in [-0.05, 0) is 30.9 Å². The number of anilines is 1. The van der Waals surface area contributed by atoms with Gasteiger partial charge in [0.15, 0.2) is 5.13 Å². The van der Waals surface area contributed by atoms with Gasteiger partial charge in [0.05, 0.1) is 23.4 Å². The number of rotatable bonds is 7. The number of thiazole rings is 1. The molecule has 3 amide bonds. The van der Waals surface area contributed by atoms with Crippen LogP contribution in [0.15, 0.2) is 24.3 Å². The zero-order chi connectivity index (χ0) is 22.9. The number of fused-ring (bicyclic) bond motifs is 1. The number of benzene rings is 1. The van der Waals surface area contributed by atoms with Crippen molar-refractivity contribution in [1.82, 2.24) is 9.88 Å². The summed E-state index contributed by atoms with van der Waals surface area (Å²) in [5.41, 5.74) is 1.01. The van der Waals surface area contributed by atoms with E-state index in [4.69, 9.17) is 4.74 Å². The van der Waals surface area contributed by atoms with E-state index in [9.17, 15) is 19.2 Å². The lowest BCUT2D eigenvalue weighted by Gasteiger charge is -2.27. The first-order chi connectivity index (χ1) is 14.6. The first kappa shape index (κ1) is 22.6. The Balaban J connectivity index is 1.80. The first-order valence-corrected chi connectivity index (χ1v) is 10.9. The zero-order valence-electron chi connectivity index (χ0n) is 18.1. The van der Waals surface area contributed by atoms with Crippen LogP contribution in [-0.4, -0.2) is 46.2 Å². The van der Waals surface area contributed by atoms with Crippen LogP contribution in [0.2, 0.25) is 0 Å². The van der Waals surface area contributed by atoms with Crippen LogP contribution in [0.4, 0.5) is 5.13 Å². The highest BCUT2D eigenvalue weighted by Crippen LogP contribution is 2.29. The Morgan fingerprint density at radius 3 is 2.19 bits per heavy atom. The van der Waals surface area contributed by atoms with Gasteiger partial charge < -0.3 is 10.1 Å². The molecule has 0 fully saturated rings. The Bertz CT molecular complexity index is 1010. The van der Waals surface area contributed by atoms with E-state index in [1.165, 1.54) is 0 Å². The van der Waals surface area contributed by atoms with Crippen LogP contribution in [0, 0.1) is 18.8 Å². The van der Waals surface area contributed by atoms with Crippen molar-refractivity contribution in [2.24, 2.45) is 11.8 Å². The lowest BCUT2D eigenvalue weighted by molar-refractivity contribution is -0.121. The Labute approximate surface area is 184 Å². The highest BCUT2D eigenvalue weighted by molar-refractivity contribution is 7.17. The third-order valence-corrected chi connectivity index (χ3v) is 5.82. The average molecular weight is 444 g/mol. The zero-order valence-corrected chi connectivity index (χ0v) is 18.9. The largest absolute Gasteiger partial charge is 0.461 e. The van der Waals surface area contributed by atoms with Gasteiger partial charge in [0.25, 0.3) is 11.8 Å². The SMILES string of the molecule is Cc1nc(NC(=O)C(C(C)C)N2C(=O)c3ccccc3C2=O)sc1C(=O)OCC(C)C. The Morgan fingerprint density at radius 1 is 1.10 bits per heavy atom. The van der Waals surface area contributed by atoms with E-state index in [-0.39, 0.29) is 34.7 Å². The molecule has 1 atom stereocenters. The molecule has 1 aromatic heterocycles. The molecule has 0 spiro atoms. The molecule has 0 bridgehead atoms. The van der Waals surface area contributed by atoms with Crippen molar-refractivity contribution in [3.63, 3.8) is 0 Å². The Hall–Kier alpha value is -3.07. The number of imide groups is 1. The summed E-state index contributed by atoms with van der Waals surface area (Å²) in [6.45, 7) is 9.33. The minimum absolute atomic E-state index is 0.197. The van der Waals surface area contributed by atoms with Crippen molar-refractivity contribution in [2.75, 3.05) is 11.9 Å². The summed E-state index contributed by atoms with van der Waals surface area (Å²) in [6.07, 6.45) is 0. The fourth-order valence-corrected chi connectivity index (χ4v) is 4.17. The van der Waals surface area contributed by atoms with Crippen LogP contribution in [0.1, 0.15) is 63.8 Å². The topological polar surface area (TPSA) is 106 Å². The van der Waals surface area contributed by atoms with Crippen molar-refractivity contribution in [2.45, 2.75) is 40.7 Å². The van der Waals surface area contributed by atoms with E-state index >= 15 is 0 Å². The van der Waals surface area contributed by atoms with Gasteiger partial charge >= 0.3 is 5.97 Å². The third kappa shape index (κ3) is 4.51. The summed E-state index contributed by atoms with van der Waals surface area (Å²) in [5, 5.41) is 2.87. The number of amides is 3. The molecule has 2 aromatic rings. The Kier molecular flexibility index (Phi) is 6.54. The van der Waals surface area contributed by atoms with E-state index in [2.05, 4.69) is 10.3 Å². The normalized spacial score (nSPS) is 14.2. The third-order valence-electron chi connectivity index (χ3n) is 4.76. The van der Waals surface area contributed by atoms with Gasteiger partial charge in [-0.3, -0.25) is 19.3 Å². The van der Waals surface area contributed by atoms with E-state index in [0.29, 0.717) is 10.6 Å². The van der Waals surface area contributed by atoms with Crippen LogP contribution in [-0.2, 0) is 9.53 Å². The van der Waals surface area contributed by atoms with Crippen molar-refractivity contribution in [3.8, 4) is 0 Å². The number of hydrogen-bond donors (Lipinski definition) is 1. The average Bonchev–Trinajstić information content (AvgIpc) is 3.19. The Morgan fingerprint density at radius 2 is 1.68 bits per heavy atom. The number of carbonyl (C=O) groups excluding carboxylic acids is 4. The van der Waals surface area contributed by atoms with E-state index in [1.54, 1.807) is 45.0 Å². The fraction of sp³-hybridized carbons (Fsp3) is 0.409. The van der Waals surface area contributed by atoms with Gasteiger partial charge in [0.2, 0.25) is 5.91 Å². The summed E-state index contributed by atoms with van der Waals surface area (Å²) >= 11 is 1.00. The highest BCUT2D eigenvalue weighted by Gasteiger charge is 2.44. The number of ether oxygens (including phenoxy) is 1. The first-order valence-electron chi connectivity index (χ1n) is 10.0. The van der Waals surface area contributed by atoms with Crippen molar-refractivity contribution in [3.05, 3.63) is 46.0 Å². The number of aromatic nitrogens is 1. The molecule has 164 valence electrons. The molecule has 8 nitrogen and oxygen atoms in total. The molecular weight excluding hydrogens is 418 g/mol. The van der Waals surface area contributed by atoms with Crippen LogP contribution in [0.25, 0.3) is 0 Å². The predicted octanol–water partition coefficient (Wildman–Crippen LogP) is 3.52. The smallest absolute Gasteiger partial charge is 0.350 e. The van der Waals surface area contributed by atoms with Crippen LogP contribution in [0.3, 0.4) is 0 Å². The molecule has 0 saturated heterocycles. The second kappa shape index (κ2) is 8.97. The quantitative estimate of drug-likeness (QED) is 0.518. The fourth-order valence-electron chi connectivity index (χ4n) is 3.31. The maximum atomic E-state index is 13.1. The summed E-state index contributed by atoms with van der Waals surface area (Å²) in [4.78, 5) is 56.6.